The van der Waals surface area contributed by atoms with Gasteiger partial charge in [0.2, 0.25) is 5.91 Å². The Balaban J connectivity index is 1.60. The standard InChI is InChI=1S/C23H26BrClN6O5/c1-2-36-21(34)7-19(13-3-15(24)6-16(25)4-13)31-20(33)12-27-22(35)14-5-17(9-26-8-14)30-23-28-10-18(32)11-29-23/h3-6,8-9,18-19,32H,2,7,10-12H2,1H3,(H,27,35)(H,31,33)(H2,28,29,30)/t19-/m0/s1. The molecule has 0 aliphatic carbocycles. The number of halogens is 2. The molecule has 1 aromatic carbocycles. The van der Waals surface area contributed by atoms with Crippen LogP contribution in [0.5, 0.6) is 0 Å². The average molecular weight is 582 g/mol. The molecular formula is C23H26BrClN6O5. The lowest BCUT2D eigenvalue weighted by Crippen LogP contribution is -2.42. The topological polar surface area (TPSA) is 154 Å². The van der Waals surface area contributed by atoms with Crippen LogP contribution in [-0.2, 0) is 14.3 Å². The molecule has 11 nitrogen and oxygen atoms in total. The minimum Gasteiger partial charge on any atom is -0.466 e. The number of pyridine rings is 1. The van der Waals surface area contributed by atoms with E-state index in [9.17, 15) is 19.5 Å². The molecule has 192 valence electrons. The number of esters is 1. The van der Waals surface area contributed by atoms with Crippen molar-refractivity contribution in [2.24, 2.45) is 4.99 Å². The van der Waals surface area contributed by atoms with Crippen LogP contribution in [0.2, 0.25) is 5.02 Å². The molecule has 1 aliphatic heterocycles. The number of nitrogens with one attached hydrogen (secondary N) is 4. The van der Waals surface area contributed by atoms with Gasteiger partial charge in [-0.2, -0.15) is 0 Å². The first-order chi connectivity index (χ1) is 17.2. The van der Waals surface area contributed by atoms with Gasteiger partial charge in [0.15, 0.2) is 5.96 Å². The van der Waals surface area contributed by atoms with Crippen LogP contribution < -0.4 is 21.3 Å². The molecule has 13 heteroatoms. The number of aromatic nitrogens is 1. The molecule has 0 saturated heterocycles. The number of guanidine groups is 1. The number of benzene rings is 1. The summed E-state index contributed by atoms with van der Waals surface area (Å²) in [4.78, 5) is 45.5. The highest BCUT2D eigenvalue weighted by molar-refractivity contribution is 9.10. The lowest BCUT2D eigenvalue weighted by atomic mass is 10.0. The fourth-order valence-electron chi connectivity index (χ4n) is 3.31. The summed E-state index contributed by atoms with van der Waals surface area (Å²) in [6.45, 7) is 2.20. The summed E-state index contributed by atoms with van der Waals surface area (Å²) < 4.78 is 5.71. The molecule has 0 fully saturated rings. The maximum Gasteiger partial charge on any atom is 0.308 e. The Bertz CT molecular complexity index is 1130. The Kier molecular flexibility index (Phi) is 10.0. The number of ether oxygens (including phenoxy) is 1. The number of nitrogens with zero attached hydrogens (tertiary/aromatic N) is 2. The zero-order chi connectivity index (χ0) is 26.1. The Labute approximate surface area is 221 Å². The van der Waals surface area contributed by atoms with Gasteiger partial charge in [-0.3, -0.25) is 24.4 Å². The van der Waals surface area contributed by atoms with Crippen molar-refractivity contribution in [1.82, 2.24) is 20.9 Å². The number of rotatable bonds is 9. The zero-order valence-electron chi connectivity index (χ0n) is 19.4. The van der Waals surface area contributed by atoms with Crippen LogP contribution in [0.15, 0.2) is 46.1 Å². The maximum atomic E-state index is 12.6. The van der Waals surface area contributed by atoms with Gasteiger partial charge in [-0.25, -0.2) is 0 Å². The first kappa shape index (κ1) is 27.4. The van der Waals surface area contributed by atoms with E-state index in [2.05, 4.69) is 47.2 Å². The van der Waals surface area contributed by atoms with Gasteiger partial charge in [0.05, 0.1) is 55.7 Å². The Hall–Kier alpha value is -3.22. The molecular weight excluding hydrogens is 556 g/mol. The quantitative estimate of drug-likeness (QED) is 0.281. The number of hydrogen-bond donors (Lipinski definition) is 5. The van der Waals surface area contributed by atoms with Crippen LogP contribution in [-0.4, -0.2) is 66.2 Å². The van der Waals surface area contributed by atoms with E-state index in [1.807, 2.05) is 0 Å². The van der Waals surface area contributed by atoms with Gasteiger partial charge in [0.1, 0.15) is 0 Å². The first-order valence-electron chi connectivity index (χ1n) is 11.1. The molecule has 2 aromatic rings. The van der Waals surface area contributed by atoms with Crippen LogP contribution in [0.4, 0.5) is 5.69 Å². The Morgan fingerprint density at radius 1 is 1.28 bits per heavy atom. The van der Waals surface area contributed by atoms with Crippen molar-refractivity contribution < 1.29 is 24.2 Å². The summed E-state index contributed by atoms with van der Waals surface area (Å²) in [5.41, 5.74) is 1.35. The highest BCUT2D eigenvalue weighted by Gasteiger charge is 2.21. The molecule has 0 saturated carbocycles. The van der Waals surface area contributed by atoms with Crippen LogP contribution in [0.1, 0.15) is 35.3 Å². The molecule has 1 aliphatic rings. The number of β-amino-alcohol motifs (C(OH)–C–C–N with tert-alkyl or cyclic N) is 1. The number of aliphatic hydroxyl groups excluding tert-OH is 1. The number of anilines is 1. The highest BCUT2D eigenvalue weighted by Crippen LogP contribution is 2.26. The van der Waals surface area contributed by atoms with Gasteiger partial charge in [-0.15, -0.1) is 0 Å². The molecule has 0 bridgehead atoms. The van der Waals surface area contributed by atoms with Crippen molar-refractivity contribution in [2.45, 2.75) is 25.5 Å². The van der Waals surface area contributed by atoms with Crippen LogP contribution in [0.3, 0.4) is 0 Å². The highest BCUT2D eigenvalue weighted by atomic mass is 79.9. The maximum absolute atomic E-state index is 12.6. The normalized spacial score (nSPS) is 15.7. The van der Waals surface area contributed by atoms with Gasteiger partial charge in [-0.05, 0) is 36.8 Å². The largest absolute Gasteiger partial charge is 0.466 e. The molecule has 1 aromatic heterocycles. The predicted molar refractivity (Wildman–Crippen MR) is 138 cm³/mol. The minimum atomic E-state index is -0.708. The summed E-state index contributed by atoms with van der Waals surface area (Å²) in [5, 5.41) is 21.1. The second-order valence-corrected chi connectivity index (χ2v) is 9.18. The van der Waals surface area contributed by atoms with Crippen molar-refractivity contribution in [3.05, 3.63) is 57.3 Å². The van der Waals surface area contributed by atoms with E-state index < -0.39 is 29.9 Å². The van der Waals surface area contributed by atoms with E-state index >= 15 is 0 Å². The SMILES string of the molecule is CCOC(=O)C[C@H](NC(=O)CNC(=O)c1cncc(NC2=NCC(O)CN2)c1)c1cc(Cl)cc(Br)c1. The van der Waals surface area contributed by atoms with Crippen LogP contribution in [0.25, 0.3) is 0 Å². The summed E-state index contributed by atoms with van der Waals surface area (Å²) >= 11 is 9.49. The van der Waals surface area contributed by atoms with Crippen molar-refractivity contribution in [1.29, 1.82) is 0 Å². The van der Waals surface area contributed by atoms with Crippen LogP contribution in [0, 0.1) is 0 Å². The average Bonchev–Trinajstić information content (AvgIpc) is 2.83. The van der Waals surface area contributed by atoms with E-state index in [-0.39, 0.29) is 31.7 Å². The van der Waals surface area contributed by atoms with Gasteiger partial charge in [0.25, 0.3) is 5.91 Å². The van der Waals surface area contributed by atoms with E-state index in [4.69, 9.17) is 16.3 Å². The van der Waals surface area contributed by atoms with E-state index in [0.29, 0.717) is 33.3 Å². The molecule has 2 heterocycles. The second-order valence-electron chi connectivity index (χ2n) is 7.83. The lowest BCUT2D eigenvalue weighted by Gasteiger charge is -2.20. The third kappa shape index (κ3) is 8.47. The molecule has 5 N–H and O–H groups in total. The monoisotopic (exact) mass is 580 g/mol. The second kappa shape index (κ2) is 13.2. The van der Waals surface area contributed by atoms with Crippen molar-refractivity contribution in [3.63, 3.8) is 0 Å². The van der Waals surface area contributed by atoms with Gasteiger partial charge < -0.3 is 31.1 Å². The summed E-state index contributed by atoms with van der Waals surface area (Å²) in [6, 6.07) is 5.92. The fourth-order valence-corrected chi connectivity index (χ4v) is 4.19. The van der Waals surface area contributed by atoms with Gasteiger partial charge in [0, 0.05) is 22.2 Å². The summed E-state index contributed by atoms with van der Waals surface area (Å²) in [5.74, 6) is -1.04. The van der Waals surface area contributed by atoms with Crippen LogP contribution >= 0.6 is 27.5 Å². The number of amides is 2. The van der Waals surface area contributed by atoms with Gasteiger partial charge >= 0.3 is 5.97 Å². The molecule has 1 unspecified atom stereocenters. The summed E-state index contributed by atoms with van der Waals surface area (Å²) in [7, 11) is 0. The van der Waals surface area contributed by atoms with E-state index in [1.54, 1.807) is 31.2 Å². The predicted octanol–water partition coefficient (Wildman–Crippen LogP) is 1.77. The molecule has 0 radical (unpaired) electrons. The molecule has 0 spiro atoms. The number of carbonyl (C=O) groups excluding carboxylic acids is 3. The number of aliphatic hydroxyl groups is 1. The van der Waals surface area contributed by atoms with Crippen molar-refractivity contribution in [2.75, 3.05) is 31.6 Å². The van der Waals surface area contributed by atoms with E-state index in [1.165, 1.54) is 12.4 Å². The molecule has 3 rings (SSSR count). The number of carbonyl (C=O) groups is 3. The van der Waals surface area contributed by atoms with Gasteiger partial charge in [-0.1, -0.05) is 27.5 Å². The summed E-state index contributed by atoms with van der Waals surface area (Å²) in [6.07, 6.45) is 2.23. The smallest absolute Gasteiger partial charge is 0.308 e. The minimum absolute atomic E-state index is 0.104. The molecule has 36 heavy (non-hydrogen) atoms. The number of aliphatic imine (C=N–C) groups is 1. The van der Waals surface area contributed by atoms with Crippen molar-refractivity contribution in [3.8, 4) is 0 Å². The van der Waals surface area contributed by atoms with Crippen molar-refractivity contribution >= 4 is 57.0 Å². The third-order valence-electron chi connectivity index (χ3n) is 4.94. The molecule has 2 amide bonds. The fraction of sp³-hybridized carbons (Fsp3) is 0.348. The van der Waals surface area contributed by atoms with E-state index in [0.717, 1.165) is 0 Å². The zero-order valence-corrected chi connectivity index (χ0v) is 21.7. The number of hydrogen-bond acceptors (Lipinski definition) is 9. The third-order valence-corrected chi connectivity index (χ3v) is 5.61. The Morgan fingerprint density at radius 2 is 2.08 bits per heavy atom. The Morgan fingerprint density at radius 3 is 2.78 bits per heavy atom. The first-order valence-corrected chi connectivity index (χ1v) is 12.3. The molecule has 2 atom stereocenters. The lowest BCUT2D eigenvalue weighted by molar-refractivity contribution is -0.143.